The van der Waals surface area contributed by atoms with Gasteiger partial charge in [-0.25, -0.2) is 9.97 Å². The maximum atomic E-state index is 14.1. The third kappa shape index (κ3) is 2.59. The van der Waals surface area contributed by atoms with Crippen LogP contribution in [0.1, 0.15) is 38.1 Å². The SMILES string of the molecule is CCCc1cnc(C2=CC=C(CC)C(F)(F)C2(F)F)nc1. The molecule has 0 saturated heterocycles. The van der Waals surface area contributed by atoms with Crippen molar-refractivity contribution in [2.24, 2.45) is 0 Å². The van der Waals surface area contributed by atoms with Crippen molar-refractivity contribution in [1.82, 2.24) is 9.97 Å². The zero-order valence-corrected chi connectivity index (χ0v) is 11.8. The molecule has 0 N–H and O–H groups in total. The molecule has 0 fully saturated rings. The summed E-state index contributed by atoms with van der Waals surface area (Å²) in [5.41, 5.74) is -0.635. The van der Waals surface area contributed by atoms with E-state index in [2.05, 4.69) is 9.97 Å². The minimum atomic E-state index is -4.31. The van der Waals surface area contributed by atoms with E-state index in [9.17, 15) is 17.6 Å². The molecule has 1 heterocycles. The van der Waals surface area contributed by atoms with Gasteiger partial charge < -0.3 is 0 Å². The highest BCUT2D eigenvalue weighted by Gasteiger charge is 2.62. The first-order valence-corrected chi connectivity index (χ1v) is 6.83. The van der Waals surface area contributed by atoms with E-state index in [0.717, 1.165) is 24.1 Å². The minimum Gasteiger partial charge on any atom is -0.236 e. The molecule has 2 nitrogen and oxygen atoms in total. The number of hydrogen-bond donors (Lipinski definition) is 0. The van der Waals surface area contributed by atoms with E-state index in [1.54, 1.807) is 0 Å². The molecule has 1 aromatic heterocycles. The van der Waals surface area contributed by atoms with Crippen molar-refractivity contribution in [1.29, 1.82) is 0 Å². The average molecular weight is 300 g/mol. The Bertz CT molecular complexity index is 574. The number of halogens is 4. The Morgan fingerprint density at radius 3 is 2.10 bits per heavy atom. The molecule has 0 atom stereocenters. The fourth-order valence-corrected chi connectivity index (χ4v) is 2.23. The fourth-order valence-electron chi connectivity index (χ4n) is 2.23. The summed E-state index contributed by atoms with van der Waals surface area (Å²) in [5.74, 6) is -8.87. The van der Waals surface area contributed by atoms with Crippen LogP contribution < -0.4 is 0 Å². The molecule has 0 radical (unpaired) electrons. The normalized spacial score (nSPS) is 19.9. The van der Waals surface area contributed by atoms with Gasteiger partial charge in [0.1, 0.15) is 0 Å². The predicted octanol–water partition coefficient (Wildman–Crippen LogP) is 4.43. The standard InChI is InChI=1S/C15H16F4N2/c1-3-5-10-8-20-13(21-9-10)12-7-6-11(4-2)14(16,17)15(12,18)19/h6-9H,3-5H2,1-2H3. The van der Waals surface area contributed by atoms with Crippen LogP contribution in [0.25, 0.3) is 5.57 Å². The number of rotatable bonds is 4. The summed E-state index contributed by atoms with van der Waals surface area (Å²) in [6.07, 6.45) is 6.28. The van der Waals surface area contributed by atoms with E-state index in [1.807, 2.05) is 6.92 Å². The van der Waals surface area contributed by atoms with Crippen molar-refractivity contribution in [3.63, 3.8) is 0 Å². The van der Waals surface area contributed by atoms with Gasteiger partial charge in [0.15, 0.2) is 5.82 Å². The number of alkyl halides is 4. The van der Waals surface area contributed by atoms with Crippen molar-refractivity contribution in [3.8, 4) is 0 Å². The van der Waals surface area contributed by atoms with Crippen LogP contribution in [-0.4, -0.2) is 21.8 Å². The Hall–Kier alpha value is -1.72. The first kappa shape index (κ1) is 15.7. The topological polar surface area (TPSA) is 25.8 Å². The average Bonchev–Trinajstić information content (AvgIpc) is 2.43. The summed E-state index contributed by atoms with van der Waals surface area (Å²) >= 11 is 0. The lowest BCUT2D eigenvalue weighted by atomic mass is 9.88. The highest BCUT2D eigenvalue weighted by molar-refractivity contribution is 5.72. The van der Waals surface area contributed by atoms with Gasteiger partial charge in [0.2, 0.25) is 0 Å². The van der Waals surface area contributed by atoms with Crippen molar-refractivity contribution in [2.45, 2.75) is 45.0 Å². The lowest BCUT2D eigenvalue weighted by Gasteiger charge is -2.32. The summed E-state index contributed by atoms with van der Waals surface area (Å²) in [7, 11) is 0. The van der Waals surface area contributed by atoms with E-state index in [1.165, 1.54) is 19.3 Å². The van der Waals surface area contributed by atoms with Crippen LogP contribution in [-0.2, 0) is 6.42 Å². The third-order valence-electron chi connectivity index (χ3n) is 3.45. The molecule has 2 rings (SSSR count). The molecule has 114 valence electrons. The highest BCUT2D eigenvalue weighted by atomic mass is 19.3. The van der Waals surface area contributed by atoms with Gasteiger partial charge in [0.05, 0.1) is 5.57 Å². The highest BCUT2D eigenvalue weighted by Crippen LogP contribution is 2.50. The van der Waals surface area contributed by atoms with Gasteiger partial charge in [-0.05, 0) is 24.5 Å². The lowest BCUT2D eigenvalue weighted by molar-refractivity contribution is -0.149. The zero-order chi connectivity index (χ0) is 15.7. The summed E-state index contributed by atoms with van der Waals surface area (Å²) in [6.45, 7) is 3.38. The van der Waals surface area contributed by atoms with Crippen molar-refractivity contribution < 1.29 is 17.6 Å². The third-order valence-corrected chi connectivity index (χ3v) is 3.45. The molecule has 0 aliphatic heterocycles. The number of nitrogens with zero attached hydrogens (tertiary/aromatic N) is 2. The second kappa shape index (κ2) is 5.58. The van der Waals surface area contributed by atoms with Crippen LogP contribution in [0.3, 0.4) is 0 Å². The first-order chi connectivity index (χ1) is 9.84. The monoisotopic (exact) mass is 300 g/mol. The van der Waals surface area contributed by atoms with E-state index in [0.29, 0.717) is 6.42 Å². The molecule has 0 amide bonds. The van der Waals surface area contributed by atoms with Crippen LogP contribution in [0.5, 0.6) is 0 Å². The number of aryl methyl sites for hydroxylation is 1. The Balaban J connectivity index is 2.43. The molecule has 0 aromatic carbocycles. The Kier molecular flexibility index (Phi) is 4.16. The Labute approximate surface area is 120 Å². The second-order valence-corrected chi connectivity index (χ2v) is 4.94. The van der Waals surface area contributed by atoms with Gasteiger partial charge in [-0.2, -0.15) is 17.6 Å². The minimum absolute atomic E-state index is 0.136. The molecule has 21 heavy (non-hydrogen) atoms. The van der Waals surface area contributed by atoms with Gasteiger partial charge in [0, 0.05) is 18.0 Å². The first-order valence-electron chi connectivity index (χ1n) is 6.83. The van der Waals surface area contributed by atoms with E-state index >= 15 is 0 Å². The molecule has 0 unspecified atom stereocenters. The maximum Gasteiger partial charge on any atom is 0.343 e. The molecular formula is C15H16F4N2. The summed E-state index contributed by atoms with van der Waals surface area (Å²) in [6, 6.07) is 0. The molecule has 0 bridgehead atoms. The van der Waals surface area contributed by atoms with Crippen LogP contribution >= 0.6 is 0 Å². The van der Waals surface area contributed by atoms with Crippen LogP contribution in [0.2, 0.25) is 0 Å². The molecule has 0 saturated carbocycles. The summed E-state index contributed by atoms with van der Waals surface area (Å²) in [4.78, 5) is 7.62. The van der Waals surface area contributed by atoms with Gasteiger partial charge in [-0.3, -0.25) is 0 Å². The number of hydrogen-bond acceptors (Lipinski definition) is 2. The molecular weight excluding hydrogens is 284 g/mol. The van der Waals surface area contributed by atoms with Gasteiger partial charge >= 0.3 is 11.8 Å². The maximum absolute atomic E-state index is 14.1. The second-order valence-electron chi connectivity index (χ2n) is 4.94. The smallest absolute Gasteiger partial charge is 0.236 e. The van der Waals surface area contributed by atoms with Crippen molar-refractivity contribution >= 4 is 5.57 Å². The van der Waals surface area contributed by atoms with Gasteiger partial charge in [-0.15, -0.1) is 0 Å². The quantitative estimate of drug-likeness (QED) is 0.769. The summed E-state index contributed by atoms with van der Waals surface area (Å²) in [5, 5.41) is 0. The van der Waals surface area contributed by atoms with Crippen molar-refractivity contribution in [2.75, 3.05) is 0 Å². The van der Waals surface area contributed by atoms with Crippen molar-refractivity contribution in [3.05, 3.63) is 41.5 Å². The van der Waals surface area contributed by atoms with Crippen LogP contribution in [0.15, 0.2) is 30.1 Å². The summed E-state index contributed by atoms with van der Waals surface area (Å²) < 4.78 is 55.9. The number of aromatic nitrogens is 2. The van der Waals surface area contributed by atoms with Crippen LogP contribution in [0, 0.1) is 0 Å². The Morgan fingerprint density at radius 1 is 0.952 bits per heavy atom. The zero-order valence-electron chi connectivity index (χ0n) is 11.8. The molecule has 1 aliphatic rings. The van der Waals surface area contributed by atoms with Gasteiger partial charge in [-0.1, -0.05) is 26.3 Å². The predicted molar refractivity (Wildman–Crippen MR) is 72.3 cm³/mol. The van der Waals surface area contributed by atoms with E-state index < -0.39 is 23.0 Å². The fraction of sp³-hybridized carbons (Fsp3) is 0.467. The molecule has 0 spiro atoms. The molecule has 6 heteroatoms. The Morgan fingerprint density at radius 2 is 1.57 bits per heavy atom. The van der Waals surface area contributed by atoms with E-state index in [4.69, 9.17) is 0 Å². The lowest BCUT2D eigenvalue weighted by Crippen LogP contribution is -2.44. The molecule has 1 aromatic rings. The number of allylic oxidation sites excluding steroid dienone is 4. The van der Waals surface area contributed by atoms with E-state index in [-0.39, 0.29) is 12.2 Å². The largest absolute Gasteiger partial charge is 0.343 e. The van der Waals surface area contributed by atoms with Gasteiger partial charge in [0.25, 0.3) is 0 Å². The van der Waals surface area contributed by atoms with Crippen LogP contribution in [0.4, 0.5) is 17.6 Å². The molecule has 1 aliphatic carbocycles.